The van der Waals surface area contributed by atoms with Gasteiger partial charge < -0.3 is 19.1 Å². The smallest absolute Gasteiger partial charge is 0.416 e. The third-order valence-corrected chi connectivity index (χ3v) is 10.2. The number of hydrogen-bond acceptors (Lipinski definition) is 4. The van der Waals surface area contributed by atoms with E-state index < -0.39 is 35.1 Å². The molecule has 0 saturated carbocycles. The van der Waals surface area contributed by atoms with Crippen LogP contribution in [0.15, 0.2) is 77.6 Å². The lowest BCUT2D eigenvalue weighted by Crippen LogP contribution is -2.50. The summed E-state index contributed by atoms with van der Waals surface area (Å²) in [7, 11) is 0. The molecule has 2 heterocycles. The van der Waals surface area contributed by atoms with Crippen molar-refractivity contribution in [2.45, 2.75) is 96.6 Å². The highest BCUT2D eigenvalue weighted by Crippen LogP contribution is 2.32. The summed E-state index contributed by atoms with van der Waals surface area (Å²) < 4.78 is 75.4. The van der Waals surface area contributed by atoms with Crippen molar-refractivity contribution in [3.05, 3.63) is 128 Å². The summed E-state index contributed by atoms with van der Waals surface area (Å²) in [6.45, 7) is 6.34. The molecule has 6 rings (SSSR count). The van der Waals surface area contributed by atoms with Gasteiger partial charge in [0.05, 0.1) is 5.56 Å². The van der Waals surface area contributed by atoms with Crippen molar-refractivity contribution < 1.29 is 36.3 Å². The molecule has 1 fully saturated rings. The minimum Gasteiger partial charge on any atom is -0.444 e. The predicted molar refractivity (Wildman–Crippen MR) is 195 cm³/mol. The molecule has 1 aromatic heterocycles. The first-order valence-corrected chi connectivity index (χ1v) is 18.3. The molecule has 1 aliphatic carbocycles. The average Bonchev–Trinajstić information content (AvgIpc) is 3.63. The van der Waals surface area contributed by atoms with Gasteiger partial charge in [-0.25, -0.2) is 13.6 Å². The maximum atomic E-state index is 14.6. The number of rotatable bonds is 9. The Bertz CT molecular complexity index is 2050. The molecule has 1 saturated heterocycles. The van der Waals surface area contributed by atoms with Crippen LogP contribution in [0.3, 0.4) is 0 Å². The molecule has 1 aliphatic heterocycles. The van der Waals surface area contributed by atoms with Gasteiger partial charge in [-0.15, -0.1) is 0 Å². The van der Waals surface area contributed by atoms with E-state index in [1.807, 2.05) is 28.8 Å². The van der Waals surface area contributed by atoms with Gasteiger partial charge in [0, 0.05) is 48.7 Å². The second-order valence-corrected chi connectivity index (χ2v) is 15.1. The zero-order valence-corrected chi connectivity index (χ0v) is 30.6. The van der Waals surface area contributed by atoms with Gasteiger partial charge in [0.1, 0.15) is 12.1 Å². The summed E-state index contributed by atoms with van der Waals surface area (Å²) in [5.74, 6) is -2.08. The third kappa shape index (κ3) is 9.02. The standard InChI is InChI=1S/C42H44F5N3O4/c1-41(2,3)54-40(53)48-22-20-32(21-23-48)50(25-27-10-12-28(13-11-27)29-14-17-31(18-15-29)42(45,46)47)38(52)26-49-33(24-37(51)34-7-5-9-36(34)49)19-16-30-6-4-8-35(43)39(30)44/h4,6,8,10-15,17-18,24,32H,5,7,9,16,19-23,25-26H2,1-3H3. The molecule has 4 aromatic rings. The van der Waals surface area contributed by atoms with E-state index in [0.717, 1.165) is 41.4 Å². The Labute approximate surface area is 311 Å². The Morgan fingerprint density at radius 1 is 0.870 bits per heavy atom. The average molecular weight is 750 g/mol. The van der Waals surface area contributed by atoms with Crippen LogP contribution in [-0.2, 0) is 54.5 Å². The molecule has 0 bridgehead atoms. The number of aromatic nitrogens is 1. The fourth-order valence-corrected chi connectivity index (χ4v) is 7.37. The van der Waals surface area contributed by atoms with E-state index in [1.54, 1.807) is 30.6 Å². The normalized spacial score (nSPS) is 14.9. The zero-order valence-electron chi connectivity index (χ0n) is 30.6. The van der Waals surface area contributed by atoms with Gasteiger partial charge in [0.25, 0.3) is 0 Å². The van der Waals surface area contributed by atoms with Crippen LogP contribution in [0.25, 0.3) is 11.1 Å². The molecule has 2 amide bonds. The van der Waals surface area contributed by atoms with Crippen LogP contribution < -0.4 is 5.43 Å². The number of piperidine rings is 1. The molecule has 0 atom stereocenters. The minimum atomic E-state index is -4.43. The maximum absolute atomic E-state index is 14.6. The predicted octanol–water partition coefficient (Wildman–Crippen LogP) is 8.51. The summed E-state index contributed by atoms with van der Waals surface area (Å²) in [6.07, 6.45) is -1.52. The molecule has 0 spiro atoms. The van der Waals surface area contributed by atoms with E-state index in [4.69, 9.17) is 4.74 Å². The molecular weight excluding hydrogens is 705 g/mol. The van der Waals surface area contributed by atoms with Gasteiger partial charge in [0.2, 0.25) is 5.91 Å². The van der Waals surface area contributed by atoms with Crippen LogP contribution in [0.2, 0.25) is 0 Å². The first-order chi connectivity index (χ1) is 25.6. The monoisotopic (exact) mass is 749 g/mol. The number of benzene rings is 3. The molecule has 0 radical (unpaired) electrons. The van der Waals surface area contributed by atoms with Crippen molar-refractivity contribution in [2.24, 2.45) is 0 Å². The second-order valence-electron chi connectivity index (χ2n) is 15.1. The van der Waals surface area contributed by atoms with Crippen LogP contribution in [0, 0.1) is 11.6 Å². The lowest BCUT2D eigenvalue weighted by molar-refractivity contribution is -0.138. The summed E-state index contributed by atoms with van der Waals surface area (Å²) in [5.41, 5.74) is 2.84. The van der Waals surface area contributed by atoms with Crippen molar-refractivity contribution in [1.82, 2.24) is 14.4 Å². The van der Waals surface area contributed by atoms with E-state index in [-0.39, 0.29) is 48.9 Å². The topological polar surface area (TPSA) is 71.8 Å². The highest BCUT2D eigenvalue weighted by molar-refractivity contribution is 5.77. The number of hydrogen-bond donors (Lipinski definition) is 0. The number of halogens is 5. The summed E-state index contributed by atoms with van der Waals surface area (Å²) in [4.78, 5) is 44.0. The van der Waals surface area contributed by atoms with Gasteiger partial charge in [-0.2, -0.15) is 13.2 Å². The Morgan fingerprint density at radius 3 is 2.15 bits per heavy atom. The van der Waals surface area contributed by atoms with Crippen molar-refractivity contribution in [1.29, 1.82) is 0 Å². The van der Waals surface area contributed by atoms with Crippen molar-refractivity contribution >= 4 is 12.0 Å². The van der Waals surface area contributed by atoms with Crippen molar-refractivity contribution in [3.8, 4) is 11.1 Å². The SMILES string of the molecule is CC(C)(C)OC(=O)N1CCC(N(Cc2ccc(-c3ccc(C(F)(F)F)cc3)cc2)C(=O)Cn2c(CCc3cccc(F)c3F)cc(=O)c3c2CCC3)CC1. The van der Waals surface area contributed by atoms with Gasteiger partial charge in [-0.05, 0) is 106 Å². The Hall–Kier alpha value is -5.00. The lowest BCUT2D eigenvalue weighted by Gasteiger charge is -2.39. The van der Waals surface area contributed by atoms with Crippen LogP contribution in [-0.4, -0.2) is 51.1 Å². The third-order valence-electron chi connectivity index (χ3n) is 10.2. The highest BCUT2D eigenvalue weighted by atomic mass is 19.4. The molecule has 0 N–H and O–H groups in total. The number of nitrogens with zero attached hydrogens (tertiary/aromatic N) is 3. The molecule has 0 unspecified atom stereocenters. The number of likely N-dealkylation sites (tertiary alicyclic amines) is 1. The van der Waals surface area contributed by atoms with Crippen LogP contribution >= 0.6 is 0 Å². The van der Waals surface area contributed by atoms with Gasteiger partial charge >= 0.3 is 12.3 Å². The number of aryl methyl sites for hydroxylation is 2. The molecule has 286 valence electrons. The van der Waals surface area contributed by atoms with Crippen molar-refractivity contribution in [2.75, 3.05) is 13.1 Å². The molecule has 12 heteroatoms. The van der Waals surface area contributed by atoms with Crippen molar-refractivity contribution in [3.63, 3.8) is 0 Å². The fraction of sp³-hybridized carbons (Fsp3) is 0.405. The van der Waals surface area contributed by atoms with E-state index >= 15 is 0 Å². The molecule has 54 heavy (non-hydrogen) atoms. The largest absolute Gasteiger partial charge is 0.444 e. The minimum absolute atomic E-state index is 0.0699. The Kier molecular flexibility index (Phi) is 11.3. The Morgan fingerprint density at radius 2 is 1.52 bits per heavy atom. The maximum Gasteiger partial charge on any atom is 0.416 e. The second kappa shape index (κ2) is 15.8. The molecule has 2 aliphatic rings. The summed E-state index contributed by atoms with van der Waals surface area (Å²) >= 11 is 0. The molecule has 3 aromatic carbocycles. The first kappa shape index (κ1) is 38.7. The highest BCUT2D eigenvalue weighted by Gasteiger charge is 2.33. The van der Waals surface area contributed by atoms with E-state index in [9.17, 15) is 36.3 Å². The number of fused-ring (bicyclic) bond motifs is 1. The van der Waals surface area contributed by atoms with Crippen LogP contribution in [0.1, 0.15) is 73.7 Å². The number of carbonyl (C=O) groups excluding carboxylic acids is 2. The fourth-order valence-electron chi connectivity index (χ4n) is 7.37. The van der Waals surface area contributed by atoms with E-state index in [2.05, 4.69) is 0 Å². The lowest BCUT2D eigenvalue weighted by atomic mass is 10.00. The zero-order chi connectivity index (χ0) is 38.8. The first-order valence-electron chi connectivity index (χ1n) is 18.3. The Balaban J connectivity index is 1.27. The number of ether oxygens (including phenoxy) is 1. The van der Waals surface area contributed by atoms with Gasteiger partial charge in [-0.1, -0.05) is 48.5 Å². The summed E-state index contributed by atoms with van der Waals surface area (Å²) in [6, 6.07) is 17.5. The van der Waals surface area contributed by atoms with E-state index in [0.29, 0.717) is 55.6 Å². The number of amides is 2. The van der Waals surface area contributed by atoms with Crippen LogP contribution in [0.5, 0.6) is 0 Å². The van der Waals surface area contributed by atoms with Gasteiger partial charge in [0.15, 0.2) is 17.1 Å². The molecule has 7 nitrogen and oxygen atoms in total. The summed E-state index contributed by atoms with van der Waals surface area (Å²) in [5, 5.41) is 0. The van der Waals surface area contributed by atoms with Crippen LogP contribution in [0.4, 0.5) is 26.7 Å². The molecular formula is C42H44F5N3O4. The number of carbonyl (C=O) groups is 2. The number of alkyl halides is 3. The number of pyridine rings is 1. The van der Waals surface area contributed by atoms with Gasteiger partial charge in [-0.3, -0.25) is 9.59 Å². The quantitative estimate of drug-likeness (QED) is 0.161. The van der Waals surface area contributed by atoms with E-state index in [1.165, 1.54) is 30.3 Å².